The molecule has 1 fully saturated rings. The minimum Gasteiger partial charge on any atom is -0.496 e. The van der Waals surface area contributed by atoms with E-state index in [-0.39, 0.29) is 11.8 Å². The highest BCUT2D eigenvalue weighted by atomic mass is 16.5. The fourth-order valence-corrected chi connectivity index (χ4v) is 2.79. The fourth-order valence-electron chi connectivity index (χ4n) is 2.79. The number of hydrogen-bond donors (Lipinski definition) is 0. The molecule has 0 radical (unpaired) electrons. The molecule has 0 unspecified atom stereocenters. The molecule has 1 heterocycles. The van der Waals surface area contributed by atoms with Crippen LogP contribution in [-0.2, 0) is 4.79 Å². The fraction of sp³-hybridized carbons (Fsp3) is 0.529. The number of carbonyl (C=O) groups excluding carboxylic acids is 2. The Hall–Kier alpha value is -2.04. The lowest BCUT2D eigenvalue weighted by molar-refractivity contribution is -0.130. The third-order valence-electron chi connectivity index (χ3n) is 4.08. The van der Waals surface area contributed by atoms with Gasteiger partial charge in [0.25, 0.3) is 5.91 Å². The zero-order valence-electron chi connectivity index (χ0n) is 13.6. The van der Waals surface area contributed by atoms with Crippen molar-refractivity contribution < 1.29 is 14.3 Å². The van der Waals surface area contributed by atoms with E-state index in [1.165, 1.54) is 0 Å². The number of carbonyl (C=O) groups is 2. The van der Waals surface area contributed by atoms with Crippen LogP contribution in [-0.4, -0.2) is 54.9 Å². The number of methoxy groups -OCH3 is 1. The number of benzene rings is 1. The van der Waals surface area contributed by atoms with E-state index in [0.717, 1.165) is 24.3 Å². The van der Waals surface area contributed by atoms with E-state index in [1.807, 2.05) is 35.8 Å². The molecule has 1 saturated heterocycles. The van der Waals surface area contributed by atoms with Crippen molar-refractivity contribution >= 4 is 11.8 Å². The largest absolute Gasteiger partial charge is 0.496 e. The lowest BCUT2D eigenvalue weighted by atomic mass is 10.1. The molecule has 1 aliphatic heterocycles. The zero-order valence-corrected chi connectivity index (χ0v) is 13.6. The first kappa shape index (κ1) is 16.3. The van der Waals surface area contributed by atoms with Crippen LogP contribution < -0.4 is 4.74 Å². The quantitative estimate of drug-likeness (QED) is 0.859. The predicted molar refractivity (Wildman–Crippen MR) is 85.1 cm³/mol. The van der Waals surface area contributed by atoms with E-state index in [2.05, 4.69) is 0 Å². The van der Waals surface area contributed by atoms with Gasteiger partial charge in [-0.2, -0.15) is 0 Å². The summed E-state index contributed by atoms with van der Waals surface area (Å²) in [6, 6.07) is 5.49. The molecule has 120 valence electrons. The summed E-state index contributed by atoms with van der Waals surface area (Å²) in [5.74, 6) is 0.971. The van der Waals surface area contributed by atoms with Gasteiger partial charge < -0.3 is 14.5 Å². The third kappa shape index (κ3) is 3.59. The number of aryl methyl sites for hydroxylation is 1. The summed E-state index contributed by atoms with van der Waals surface area (Å²) in [5, 5.41) is 0. The van der Waals surface area contributed by atoms with Crippen molar-refractivity contribution in [2.45, 2.75) is 26.7 Å². The van der Waals surface area contributed by atoms with E-state index in [0.29, 0.717) is 31.6 Å². The molecule has 5 nitrogen and oxygen atoms in total. The molecule has 0 aliphatic carbocycles. The highest BCUT2D eigenvalue weighted by Gasteiger charge is 2.22. The van der Waals surface area contributed by atoms with Gasteiger partial charge in [-0.1, -0.05) is 6.92 Å². The molecule has 2 rings (SSSR count). The van der Waals surface area contributed by atoms with Crippen LogP contribution in [0, 0.1) is 6.92 Å². The standard InChI is InChI=1S/C17H24N2O3/c1-4-16(20)18-8-5-9-19(11-10-18)17(21)14-6-7-15(22-3)13(2)12-14/h6-7,12H,4-5,8-11H2,1-3H3. The Balaban J connectivity index is 2.06. The summed E-state index contributed by atoms with van der Waals surface area (Å²) in [7, 11) is 1.62. The van der Waals surface area contributed by atoms with Crippen molar-refractivity contribution in [2.75, 3.05) is 33.3 Å². The summed E-state index contributed by atoms with van der Waals surface area (Å²) < 4.78 is 5.23. The van der Waals surface area contributed by atoms with Crippen LogP contribution in [0.25, 0.3) is 0 Å². The van der Waals surface area contributed by atoms with Gasteiger partial charge >= 0.3 is 0 Å². The van der Waals surface area contributed by atoms with Gasteiger partial charge in [0.1, 0.15) is 5.75 Å². The Labute approximate surface area is 131 Å². The molecule has 0 bridgehead atoms. The average Bonchev–Trinajstić information content (AvgIpc) is 2.79. The van der Waals surface area contributed by atoms with Crippen molar-refractivity contribution in [2.24, 2.45) is 0 Å². The molecule has 5 heteroatoms. The number of nitrogens with zero attached hydrogens (tertiary/aromatic N) is 2. The lowest BCUT2D eigenvalue weighted by Gasteiger charge is -2.22. The topological polar surface area (TPSA) is 49.9 Å². The number of rotatable bonds is 3. The molecular weight excluding hydrogens is 280 g/mol. The van der Waals surface area contributed by atoms with Crippen molar-refractivity contribution in [1.82, 2.24) is 9.80 Å². The lowest BCUT2D eigenvalue weighted by Crippen LogP contribution is -2.37. The summed E-state index contributed by atoms with van der Waals surface area (Å²) in [5.41, 5.74) is 1.62. The van der Waals surface area contributed by atoms with Gasteiger partial charge in [0.2, 0.25) is 5.91 Å². The molecule has 0 atom stereocenters. The molecule has 1 aromatic rings. The molecule has 0 aromatic heterocycles. The highest BCUT2D eigenvalue weighted by Crippen LogP contribution is 2.20. The monoisotopic (exact) mass is 304 g/mol. The number of amides is 2. The Morgan fingerprint density at radius 2 is 1.82 bits per heavy atom. The summed E-state index contributed by atoms with van der Waals surface area (Å²) >= 11 is 0. The van der Waals surface area contributed by atoms with E-state index in [1.54, 1.807) is 13.2 Å². The van der Waals surface area contributed by atoms with E-state index in [9.17, 15) is 9.59 Å². The van der Waals surface area contributed by atoms with Crippen LogP contribution in [0.5, 0.6) is 5.75 Å². The van der Waals surface area contributed by atoms with Gasteiger partial charge in [0, 0.05) is 38.2 Å². The third-order valence-corrected chi connectivity index (χ3v) is 4.08. The maximum Gasteiger partial charge on any atom is 0.253 e. The van der Waals surface area contributed by atoms with Gasteiger partial charge in [0.15, 0.2) is 0 Å². The number of ether oxygens (including phenoxy) is 1. The molecule has 0 saturated carbocycles. The Morgan fingerprint density at radius 3 is 2.45 bits per heavy atom. The predicted octanol–water partition coefficient (Wildman–Crippen LogP) is 2.09. The summed E-state index contributed by atoms with van der Waals surface area (Å²) in [4.78, 5) is 28.1. The Kier molecular flexibility index (Phi) is 5.41. The van der Waals surface area contributed by atoms with Gasteiger partial charge in [-0.25, -0.2) is 0 Å². The van der Waals surface area contributed by atoms with Crippen LogP contribution in [0.3, 0.4) is 0 Å². The second-order valence-corrected chi connectivity index (χ2v) is 5.56. The molecule has 1 aromatic carbocycles. The molecule has 22 heavy (non-hydrogen) atoms. The average molecular weight is 304 g/mol. The molecule has 1 aliphatic rings. The smallest absolute Gasteiger partial charge is 0.253 e. The van der Waals surface area contributed by atoms with E-state index in [4.69, 9.17) is 4.74 Å². The first-order chi connectivity index (χ1) is 10.6. The normalized spacial score (nSPS) is 15.4. The second-order valence-electron chi connectivity index (χ2n) is 5.56. The van der Waals surface area contributed by atoms with E-state index >= 15 is 0 Å². The summed E-state index contributed by atoms with van der Waals surface area (Å²) in [6.07, 6.45) is 1.35. The van der Waals surface area contributed by atoms with Crippen LogP contribution in [0.4, 0.5) is 0 Å². The first-order valence-electron chi connectivity index (χ1n) is 7.78. The second kappa shape index (κ2) is 7.29. The van der Waals surface area contributed by atoms with Gasteiger partial charge in [-0.3, -0.25) is 9.59 Å². The van der Waals surface area contributed by atoms with Crippen LogP contribution in [0.1, 0.15) is 35.7 Å². The minimum absolute atomic E-state index is 0.0246. The van der Waals surface area contributed by atoms with Crippen LogP contribution >= 0.6 is 0 Å². The van der Waals surface area contributed by atoms with Crippen molar-refractivity contribution in [3.63, 3.8) is 0 Å². The van der Waals surface area contributed by atoms with Crippen LogP contribution in [0.15, 0.2) is 18.2 Å². The van der Waals surface area contributed by atoms with E-state index < -0.39 is 0 Å². The molecule has 0 spiro atoms. The first-order valence-corrected chi connectivity index (χ1v) is 7.78. The maximum atomic E-state index is 12.6. The SMILES string of the molecule is CCC(=O)N1CCCN(C(=O)c2ccc(OC)c(C)c2)CC1. The van der Waals surface area contributed by atoms with Gasteiger partial charge in [-0.05, 0) is 37.1 Å². The van der Waals surface area contributed by atoms with Crippen LogP contribution in [0.2, 0.25) is 0 Å². The molecular formula is C17H24N2O3. The van der Waals surface area contributed by atoms with Crippen molar-refractivity contribution in [3.05, 3.63) is 29.3 Å². The number of hydrogen-bond acceptors (Lipinski definition) is 3. The highest BCUT2D eigenvalue weighted by molar-refractivity contribution is 5.94. The Bertz CT molecular complexity index is 557. The summed E-state index contributed by atoms with van der Waals surface area (Å²) in [6.45, 7) is 6.44. The minimum atomic E-state index is 0.0246. The van der Waals surface area contributed by atoms with Crippen molar-refractivity contribution in [3.8, 4) is 5.75 Å². The molecule has 2 amide bonds. The maximum absolute atomic E-state index is 12.6. The Morgan fingerprint density at radius 1 is 1.14 bits per heavy atom. The van der Waals surface area contributed by atoms with Crippen molar-refractivity contribution in [1.29, 1.82) is 0 Å². The van der Waals surface area contributed by atoms with Gasteiger partial charge in [0.05, 0.1) is 7.11 Å². The van der Waals surface area contributed by atoms with Gasteiger partial charge in [-0.15, -0.1) is 0 Å². The molecule has 0 N–H and O–H groups in total. The zero-order chi connectivity index (χ0) is 16.1.